The highest BCUT2D eigenvalue weighted by molar-refractivity contribution is 5.44. The van der Waals surface area contributed by atoms with E-state index in [1.807, 2.05) is 13.8 Å². The maximum atomic E-state index is 4.55. The summed E-state index contributed by atoms with van der Waals surface area (Å²) in [6.45, 7) is 10.5. The zero-order valence-corrected chi connectivity index (χ0v) is 13.2. The number of hydrogen-bond donors (Lipinski definition) is 1. The van der Waals surface area contributed by atoms with Crippen LogP contribution in [0.5, 0.6) is 0 Å². The van der Waals surface area contributed by atoms with Crippen LogP contribution in [0.15, 0.2) is 18.5 Å². The Balaban J connectivity index is 2.11. The van der Waals surface area contributed by atoms with Crippen molar-refractivity contribution >= 4 is 0 Å². The molecule has 2 rings (SSSR count). The van der Waals surface area contributed by atoms with Gasteiger partial charge in [-0.2, -0.15) is 0 Å². The van der Waals surface area contributed by atoms with Crippen LogP contribution < -0.4 is 5.32 Å². The number of nitrogens with zero attached hydrogens (tertiary/aromatic N) is 4. The van der Waals surface area contributed by atoms with Crippen LogP contribution in [0.25, 0.3) is 11.6 Å². The molecule has 0 atom stereocenters. The van der Waals surface area contributed by atoms with E-state index in [2.05, 4.69) is 39.1 Å². The van der Waals surface area contributed by atoms with Crippen LogP contribution in [-0.4, -0.2) is 33.0 Å². The van der Waals surface area contributed by atoms with Crippen molar-refractivity contribution in [3.05, 3.63) is 35.4 Å². The van der Waals surface area contributed by atoms with E-state index in [4.69, 9.17) is 0 Å². The molecule has 1 N–H and O–H groups in total. The van der Waals surface area contributed by atoms with E-state index in [-0.39, 0.29) is 0 Å². The summed E-state index contributed by atoms with van der Waals surface area (Å²) in [5.41, 5.74) is 3.23. The molecule has 2 aromatic rings. The van der Waals surface area contributed by atoms with Gasteiger partial charge in [0.1, 0.15) is 0 Å². The van der Waals surface area contributed by atoms with Gasteiger partial charge in [0.05, 0.1) is 0 Å². The van der Waals surface area contributed by atoms with Gasteiger partial charge in [-0.05, 0) is 50.9 Å². The predicted molar refractivity (Wildman–Crippen MR) is 83.9 cm³/mol. The third kappa shape index (κ3) is 4.29. The number of aryl methyl sites for hydroxylation is 2. The van der Waals surface area contributed by atoms with E-state index in [0.717, 1.165) is 30.9 Å². The van der Waals surface area contributed by atoms with E-state index in [0.29, 0.717) is 17.6 Å². The summed E-state index contributed by atoms with van der Waals surface area (Å²) in [5, 5.41) is 3.45. The fourth-order valence-electron chi connectivity index (χ4n) is 2.22. The molecular formula is C16H23N5. The largest absolute Gasteiger partial charge is 0.316 e. The van der Waals surface area contributed by atoms with Crippen molar-refractivity contribution in [1.82, 2.24) is 25.3 Å². The third-order valence-electron chi connectivity index (χ3n) is 3.29. The first-order valence-corrected chi connectivity index (χ1v) is 7.40. The van der Waals surface area contributed by atoms with Crippen molar-refractivity contribution in [1.29, 1.82) is 0 Å². The maximum Gasteiger partial charge on any atom is 0.198 e. The van der Waals surface area contributed by atoms with Crippen LogP contribution >= 0.6 is 0 Å². The molecule has 0 fully saturated rings. The molecule has 0 aliphatic rings. The first kappa shape index (κ1) is 15.5. The second-order valence-electron chi connectivity index (χ2n) is 5.62. The van der Waals surface area contributed by atoms with E-state index >= 15 is 0 Å². The minimum absolute atomic E-state index is 0.577. The van der Waals surface area contributed by atoms with E-state index in [1.54, 1.807) is 18.5 Å². The molecule has 112 valence electrons. The number of rotatable bonds is 6. The molecule has 0 bridgehead atoms. The van der Waals surface area contributed by atoms with Crippen LogP contribution in [0.3, 0.4) is 0 Å². The van der Waals surface area contributed by atoms with Gasteiger partial charge in [-0.15, -0.1) is 0 Å². The Bertz CT molecular complexity index is 557. The second kappa shape index (κ2) is 7.22. The zero-order chi connectivity index (χ0) is 15.2. The maximum absolute atomic E-state index is 4.55. The lowest BCUT2D eigenvalue weighted by Crippen LogP contribution is -2.23. The van der Waals surface area contributed by atoms with E-state index < -0.39 is 0 Å². The predicted octanol–water partition coefficient (Wildman–Crippen LogP) is 2.34. The molecule has 0 aromatic carbocycles. The zero-order valence-electron chi connectivity index (χ0n) is 13.2. The number of aromatic nitrogens is 4. The van der Waals surface area contributed by atoms with Gasteiger partial charge in [0.25, 0.3) is 0 Å². The monoisotopic (exact) mass is 285 g/mol. The number of hydrogen-bond acceptors (Lipinski definition) is 5. The van der Waals surface area contributed by atoms with Crippen LogP contribution in [0.4, 0.5) is 0 Å². The van der Waals surface area contributed by atoms with Crippen molar-refractivity contribution in [3.63, 3.8) is 0 Å². The average molecular weight is 285 g/mol. The lowest BCUT2D eigenvalue weighted by molar-refractivity contribution is 0.553. The summed E-state index contributed by atoms with van der Waals surface area (Å²) < 4.78 is 0. The Morgan fingerprint density at radius 1 is 1.00 bits per heavy atom. The summed E-state index contributed by atoms with van der Waals surface area (Å²) in [4.78, 5) is 17.5. The highest BCUT2D eigenvalue weighted by Crippen LogP contribution is 2.15. The van der Waals surface area contributed by atoms with Gasteiger partial charge < -0.3 is 5.32 Å². The molecule has 0 saturated carbocycles. The smallest absolute Gasteiger partial charge is 0.198 e. The quantitative estimate of drug-likeness (QED) is 0.825. The highest BCUT2D eigenvalue weighted by Gasteiger charge is 2.11. The van der Waals surface area contributed by atoms with Gasteiger partial charge >= 0.3 is 0 Å². The van der Waals surface area contributed by atoms with Gasteiger partial charge in [0, 0.05) is 23.8 Å². The van der Waals surface area contributed by atoms with E-state index in [9.17, 15) is 0 Å². The Morgan fingerprint density at radius 2 is 1.62 bits per heavy atom. The molecule has 5 heteroatoms. The fraction of sp³-hybridized carbons (Fsp3) is 0.500. The minimum Gasteiger partial charge on any atom is -0.316 e. The third-order valence-corrected chi connectivity index (χ3v) is 3.29. The Kier molecular flexibility index (Phi) is 5.33. The first-order chi connectivity index (χ1) is 10.1. The molecule has 5 nitrogen and oxygen atoms in total. The summed E-state index contributed by atoms with van der Waals surface area (Å²) in [6, 6.07) is 1.79. The van der Waals surface area contributed by atoms with Gasteiger partial charge in [-0.3, -0.25) is 0 Å². The molecule has 0 spiro atoms. The second-order valence-corrected chi connectivity index (χ2v) is 5.62. The van der Waals surface area contributed by atoms with Crippen LogP contribution in [0, 0.1) is 19.8 Å². The topological polar surface area (TPSA) is 63.6 Å². The summed E-state index contributed by atoms with van der Waals surface area (Å²) in [5.74, 6) is 1.85. The average Bonchev–Trinajstić information content (AvgIpc) is 2.46. The molecule has 21 heavy (non-hydrogen) atoms. The molecule has 0 radical (unpaired) electrons. The van der Waals surface area contributed by atoms with Crippen molar-refractivity contribution in [2.24, 2.45) is 5.92 Å². The lowest BCUT2D eigenvalue weighted by atomic mass is 10.1. The fourth-order valence-corrected chi connectivity index (χ4v) is 2.22. The molecule has 2 heterocycles. The first-order valence-electron chi connectivity index (χ1n) is 7.40. The Hall–Kier alpha value is -1.88. The Labute approximate surface area is 126 Å². The summed E-state index contributed by atoms with van der Waals surface area (Å²) in [7, 11) is 0. The molecular weight excluding hydrogens is 262 g/mol. The van der Waals surface area contributed by atoms with Crippen molar-refractivity contribution in [2.75, 3.05) is 13.1 Å². The van der Waals surface area contributed by atoms with Crippen molar-refractivity contribution < 1.29 is 0 Å². The summed E-state index contributed by atoms with van der Waals surface area (Å²) in [6.07, 6.45) is 4.36. The highest BCUT2D eigenvalue weighted by atomic mass is 15.0. The molecule has 0 aliphatic heterocycles. The molecule has 0 unspecified atom stereocenters. The van der Waals surface area contributed by atoms with Crippen LogP contribution in [0.1, 0.15) is 30.8 Å². The molecule has 0 saturated heterocycles. The molecule has 2 aromatic heterocycles. The SMILES string of the molecule is Cc1nc(-c2ncccn2)nc(C)c1CCNCC(C)C. The van der Waals surface area contributed by atoms with Gasteiger partial charge in [0.15, 0.2) is 11.6 Å². The minimum atomic E-state index is 0.577. The lowest BCUT2D eigenvalue weighted by Gasteiger charge is -2.12. The van der Waals surface area contributed by atoms with Gasteiger partial charge in [-0.1, -0.05) is 13.8 Å². The van der Waals surface area contributed by atoms with Gasteiger partial charge in [0.2, 0.25) is 0 Å². The molecule has 0 aliphatic carbocycles. The summed E-state index contributed by atoms with van der Waals surface area (Å²) >= 11 is 0. The van der Waals surface area contributed by atoms with Crippen LogP contribution in [-0.2, 0) is 6.42 Å². The van der Waals surface area contributed by atoms with E-state index in [1.165, 1.54) is 5.56 Å². The van der Waals surface area contributed by atoms with Crippen molar-refractivity contribution in [2.45, 2.75) is 34.1 Å². The van der Waals surface area contributed by atoms with Gasteiger partial charge in [-0.25, -0.2) is 19.9 Å². The number of nitrogens with one attached hydrogen (secondary N) is 1. The normalized spacial score (nSPS) is 11.1. The van der Waals surface area contributed by atoms with Crippen molar-refractivity contribution in [3.8, 4) is 11.6 Å². The Morgan fingerprint density at radius 3 is 2.19 bits per heavy atom. The molecule has 0 amide bonds. The standard InChI is InChI=1S/C16H23N5/c1-11(2)10-17-9-6-14-12(3)20-16(21-13(14)4)15-18-7-5-8-19-15/h5,7-8,11,17H,6,9-10H2,1-4H3. The van der Waals surface area contributed by atoms with Crippen LogP contribution in [0.2, 0.25) is 0 Å².